The third-order valence-electron chi connectivity index (χ3n) is 4.34. The van der Waals surface area contributed by atoms with Crippen molar-refractivity contribution in [1.82, 2.24) is 0 Å². The van der Waals surface area contributed by atoms with Crippen molar-refractivity contribution < 1.29 is 19.1 Å². The van der Waals surface area contributed by atoms with Crippen molar-refractivity contribution in [3.05, 3.63) is 83.9 Å². The summed E-state index contributed by atoms with van der Waals surface area (Å²) in [6.07, 6.45) is 0. The van der Waals surface area contributed by atoms with E-state index in [9.17, 15) is 9.59 Å². The zero-order valence-corrected chi connectivity index (χ0v) is 16.5. The number of carbonyl (C=O) groups excluding carboxylic acids is 2. The number of aryl methyl sites for hydroxylation is 2. The molecule has 3 aromatic rings. The van der Waals surface area contributed by atoms with Gasteiger partial charge in [-0.2, -0.15) is 0 Å². The first kappa shape index (κ1) is 20.1. The predicted octanol–water partition coefficient (Wildman–Crippen LogP) is 4.53. The van der Waals surface area contributed by atoms with Gasteiger partial charge < -0.3 is 14.8 Å². The van der Waals surface area contributed by atoms with Gasteiger partial charge in [0, 0.05) is 5.69 Å². The van der Waals surface area contributed by atoms with Crippen LogP contribution >= 0.6 is 0 Å². The number of hydrogen-bond donors (Lipinski definition) is 1. The molecule has 29 heavy (non-hydrogen) atoms. The van der Waals surface area contributed by atoms with E-state index in [-0.39, 0.29) is 13.2 Å². The van der Waals surface area contributed by atoms with Crippen LogP contribution in [0.4, 0.5) is 5.69 Å². The summed E-state index contributed by atoms with van der Waals surface area (Å²) in [5, 5.41) is 2.73. The fourth-order valence-electron chi connectivity index (χ4n) is 2.84. The van der Waals surface area contributed by atoms with E-state index >= 15 is 0 Å². The van der Waals surface area contributed by atoms with Gasteiger partial charge in [-0.25, -0.2) is 4.79 Å². The molecule has 0 aliphatic carbocycles. The molecule has 0 spiro atoms. The average Bonchev–Trinajstić information content (AvgIpc) is 2.74. The van der Waals surface area contributed by atoms with Crippen molar-refractivity contribution in [2.24, 2.45) is 0 Å². The molecule has 1 N–H and O–H groups in total. The number of ether oxygens (including phenoxy) is 2. The second kappa shape index (κ2) is 9.55. The molecule has 148 valence electrons. The number of esters is 1. The van der Waals surface area contributed by atoms with Gasteiger partial charge in [0.15, 0.2) is 13.2 Å². The molecule has 0 aliphatic heterocycles. The number of hydrogen-bond acceptors (Lipinski definition) is 4. The molecule has 0 atom stereocenters. The molecule has 0 aromatic heterocycles. The first-order valence-electron chi connectivity index (χ1n) is 9.32. The lowest BCUT2D eigenvalue weighted by Crippen LogP contribution is -2.24. The Labute approximate surface area is 170 Å². The van der Waals surface area contributed by atoms with E-state index in [2.05, 4.69) is 5.32 Å². The lowest BCUT2D eigenvalue weighted by atomic mass is 10.1. The van der Waals surface area contributed by atoms with E-state index in [0.29, 0.717) is 11.4 Å². The van der Waals surface area contributed by atoms with Crippen LogP contribution in [0.3, 0.4) is 0 Å². The van der Waals surface area contributed by atoms with Crippen molar-refractivity contribution in [3.8, 4) is 16.9 Å². The van der Waals surface area contributed by atoms with Gasteiger partial charge in [-0.3, -0.25) is 4.79 Å². The fourth-order valence-corrected chi connectivity index (χ4v) is 2.84. The quantitative estimate of drug-likeness (QED) is 0.603. The van der Waals surface area contributed by atoms with Crippen molar-refractivity contribution >= 4 is 17.6 Å². The minimum Gasteiger partial charge on any atom is -0.482 e. The highest BCUT2D eigenvalue weighted by Gasteiger charge is 2.10. The average molecular weight is 389 g/mol. The van der Waals surface area contributed by atoms with Crippen molar-refractivity contribution in [2.75, 3.05) is 18.5 Å². The Morgan fingerprint density at radius 3 is 2.21 bits per heavy atom. The lowest BCUT2D eigenvalue weighted by molar-refractivity contribution is -0.149. The molecule has 0 heterocycles. The van der Waals surface area contributed by atoms with Crippen LogP contribution in [0.5, 0.6) is 5.75 Å². The van der Waals surface area contributed by atoms with Gasteiger partial charge in [-0.15, -0.1) is 0 Å². The third-order valence-corrected chi connectivity index (χ3v) is 4.34. The normalized spacial score (nSPS) is 10.3. The lowest BCUT2D eigenvalue weighted by Gasteiger charge is -2.10. The van der Waals surface area contributed by atoms with E-state index in [4.69, 9.17) is 9.47 Å². The Hall–Kier alpha value is -3.60. The topological polar surface area (TPSA) is 64.6 Å². The van der Waals surface area contributed by atoms with E-state index in [1.54, 1.807) is 12.1 Å². The van der Waals surface area contributed by atoms with Gasteiger partial charge >= 0.3 is 5.97 Å². The van der Waals surface area contributed by atoms with Crippen LogP contribution in [0, 0.1) is 13.8 Å². The van der Waals surface area contributed by atoms with Gasteiger partial charge in [0.2, 0.25) is 0 Å². The summed E-state index contributed by atoms with van der Waals surface area (Å²) in [4.78, 5) is 23.8. The highest BCUT2D eigenvalue weighted by molar-refractivity contribution is 5.93. The summed E-state index contributed by atoms with van der Waals surface area (Å²) >= 11 is 0. The molecule has 0 unspecified atom stereocenters. The Kier molecular flexibility index (Phi) is 6.63. The van der Waals surface area contributed by atoms with Crippen molar-refractivity contribution in [1.29, 1.82) is 0 Å². The van der Waals surface area contributed by atoms with Crippen LogP contribution in [0.15, 0.2) is 72.8 Å². The van der Waals surface area contributed by atoms with Crippen LogP contribution in [-0.4, -0.2) is 25.1 Å². The Morgan fingerprint density at radius 2 is 1.52 bits per heavy atom. The number of nitrogens with one attached hydrogen (secondary N) is 1. The Morgan fingerprint density at radius 1 is 0.828 bits per heavy atom. The van der Waals surface area contributed by atoms with E-state index < -0.39 is 11.9 Å². The second-order valence-electron chi connectivity index (χ2n) is 6.71. The Bertz CT molecular complexity index is 982. The SMILES string of the molecule is Cc1ccc(NC(=O)COC(=O)COc2ccc(-c3ccccc3)cc2)c(C)c1. The molecule has 3 rings (SSSR count). The van der Waals surface area contributed by atoms with Gasteiger partial charge in [-0.1, -0.05) is 60.2 Å². The number of benzene rings is 3. The van der Waals surface area contributed by atoms with E-state index in [1.165, 1.54) is 0 Å². The smallest absolute Gasteiger partial charge is 0.344 e. The molecule has 0 saturated heterocycles. The van der Waals surface area contributed by atoms with Crippen LogP contribution in [-0.2, 0) is 14.3 Å². The number of anilines is 1. The van der Waals surface area contributed by atoms with Crippen molar-refractivity contribution in [3.63, 3.8) is 0 Å². The molecule has 0 saturated carbocycles. The van der Waals surface area contributed by atoms with E-state index in [0.717, 1.165) is 22.3 Å². The minimum atomic E-state index is -0.604. The summed E-state index contributed by atoms with van der Waals surface area (Å²) in [5.74, 6) is -0.438. The molecule has 3 aromatic carbocycles. The standard InChI is InChI=1S/C24H23NO4/c1-17-8-13-22(18(2)14-17)25-23(26)15-29-24(27)16-28-21-11-9-20(10-12-21)19-6-4-3-5-7-19/h3-14H,15-16H2,1-2H3,(H,25,26). The molecule has 1 amide bonds. The predicted molar refractivity (Wildman–Crippen MR) is 113 cm³/mol. The van der Waals surface area contributed by atoms with Crippen LogP contribution < -0.4 is 10.1 Å². The number of carbonyl (C=O) groups is 2. The molecule has 0 bridgehead atoms. The summed E-state index contributed by atoms with van der Waals surface area (Å²) in [7, 11) is 0. The summed E-state index contributed by atoms with van der Waals surface area (Å²) < 4.78 is 10.4. The summed E-state index contributed by atoms with van der Waals surface area (Å²) in [6, 6.07) is 23.1. The maximum atomic E-state index is 12.0. The van der Waals surface area contributed by atoms with Gasteiger partial charge in [0.05, 0.1) is 0 Å². The summed E-state index contributed by atoms with van der Waals surface area (Å²) in [5.41, 5.74) is 4.93. The number of rotatable bonds is 7. The highest BCUT2D eigenvalue weighted by Crippen LogP contribution is 2.22. The highest BCUT2D eigenvalue weighted by atomic mass is 16.6. The van der Waals surface area contributed by atoms with Crippen LogP contribution in [0.25, 0.3) is 11.1 Å². The first-order valence-corrected chi connectivity index (χ1v) is 9.32. The largest absolute Gasteiger partial charge is 0.482 e. The fraction of sp³-hybridized carbons (Fsp3) is 0.167. The maximum absolute atomic E-state index is 12.0. The van der Waals surface area contributed by atoms with Crippen LogP contribution in [0.1, 0.15) is 11.1 Å². The Balaban J connectivity index is 1.43. The van der Waals surface area contributed by atoms with Crippen LogP contribution in [0.2, 0.25) is 0 Å². The molecular weight excluding hydrogens is 366 g/mol. The second-order valence-corrected chi connectivity index (χ2v) is 6.71. The van der Waals surface area contributed by atoms with E-state index in [1.807, 2.05) is 74.5 Å². The third kappa shape index (κ3) is 5.94. The molecule has 0 radical (unpaired) electrons. The minimum absolute atomic E-state index is 0.262. The van der Waals surface area contributed by atoms with Gasteiger partial charge in [-0.05, 0) is 48.7 Å². The maximum Gasteiger partial charge on any atom is 0.344 e. The molecule has 0 fully saturated rings. The van der Waals surface area contributed by atoms with Gasteiger partial charge in [0.25, 0.3) is 5.91 Å². The molecule has 5 heteroatoms. The zero-order chi connectivity index (χ0) is 20.6. The first-order chi connectivity index (χ1) is 14.0. The molecular formula is C24H23NO4. The number of amides is 1. The van der Waals surface area contributed by atoms with Crippen molar-refractivity contribution in [2.45, 2.75) is 13.8 Å². The molecule has 0 aliphatic rings. The zero-order valence-electron chi connectivity index (χ0n) is 16.5. The monoisotopic (exact) mass is 389 g/mol. The van der Waals surface area contributed by atoms with Gasteiger partial charge in [0.1, 0.15) is 5.75 Å². The molecule has 5 nitrogen and oxygen atoms in total. The summed E-state index contributed by atoms with van der Waals surface area (Å²) in [6.45, 7) is 3.27.